The quantitative estimate of drug-likeness (QED) is 0.714. The van der Waals surface area contributed by atoms with Gasteiger partial charge in [-0.05, 0) is 18.8 Å². The van der Waals surface area contributed by atoms with E-state index < -0.39 is 9.84 Å². The van der Waals surface area contributed by atoms with Gasteiger partial charge in [-0.3, -0.25) is 4.79 Å². The van der Waals surface area contributed by atoms with Crippen LogP contribution in [0.1, 0.15) is 32.1 Å². The minimum atomic E-state index is -3.02. The molecule has 0 spiro atoms. The highest BCUT2D eigenvalue weighted by molar-refractivity contribution is 7.91. The normalized spacial score (nSPS) is 32.3. The summed E-state index contributed by atoms with van der Waals surface area (Å²) in [6, 6.07) is -0.132. The fourth-order valence-electron chi connectivity index (χ4n) is 2.54. The molecule has 0 bridgehead atoms. The zero-order valence-corrected chi connectivity index (χ0v) is 9.55. The van der Waals surface area contributed by atoms with Gasteiger partial charge in [0.1, 0.15) is 0 Å². The van der Waals surface area contributed by atoms with E-state index in [0.717, 1.165) is 25.7 Å². The lowest BCUT2D eigenvalue weighted by Gasteiger charge is -2.21. The average Bonchev–Trinajstić information content (AvgIpc) is 2.62. The fourth-order valence-corrected chi connectivity index (χ4v) is 4.11. The van der Waals surface area contributed by atoms with E-state index in [1.807, 2.05) is 0 Å². The van der Waals surface area contributed by atoms with Crippen molar-refractivity contribution in [3.63, 3.8) is 0 Å². The molecule has 2 aliphatic rings. The third kappa shape index (κ3) is 2.71. The van der Waals surface area contributed by atoms with Gasteiger partial charge in [-0.15, -0.1) is 0 Å². The maximum atomic E-state index is 11.6. The van der Waals surface area contributed by atoms with Gasteiger partial charge in [0.15, 0.2) is 9.84 Å². The van der Waals surface area contributed by atoms with E-state index in [1.54, 1.807) is 0 Å². The number of amides is 1. The number of rotatable bonds is 1. The molecule has 0 aromatic carbocycles. The Labute approximate surface area is 90.3 Å². The summed E-state index contributed by atoms with van der Waals surface area (Å²) in [5, 5.41) is 2.86. The number of sulfone groups is 1. The highest BCUT2D eigenvalue weighted by atomic mass is 32.2. The smallest absolute Gasteiger partial charge is 0.221 e. The first-order chi connectivity index (χ1) is 7.07. The summed E-state index contributed by atoms with van der Waals surface area (Å²) in [6.45, 7) is 0. The molecule has 1 aliphatic carbocycles. The van der Waals surface area contributed by atoms with Crippen molar-refractivity contribution in [2.45, 2.75) is 38.1 Å². The number of nitrogens with one attached hydrogen (secondary N) is 1. The Morgan fingerprint density at radius 3 is 2.53 bits per heavy atom. The van der Waals surface area contributed by atoms with Crippen LogP contribution in [0.5, 0.6) is 0 Å². The van der Waals surface area contributed by atoms with E-state index in [2.05, 4.69) is 5.32 Å². The third-order valence-corrected chi connectivity index (χ3v) is 5.08. The Morgan fingerprint density at radius 1 is 1.20 bits per heavy atom. The maximum Gasteiger partial charge on any atom is 0.221 e. The summed E-state index contributed by atoms with van der Waals surface area (Å²) >= 11 is 0. The van der Waals surface area contributed by atoms with E-state index in [-0.39, 0.29) is 29.9 Å². The first kappa shape index (κ1) is 10.9. The van der Waals surface area contributed by atoms with Crippen molar-refractivity contribution in [2.75, 3.05) is 11.5 Å². The second-order valence-corrected chi connectivity index (χ2v) is 6.81. The SMILES string of the molecule is O=C1CCS(=O)(=O)CC(C2CCCC2)N1. The first-order valence-electron chi connectivity index (χ1n) is 5.57. The summed E-state index contributed by atoms with van der Waals surface area (Å²) < 4.78 is 23.2. The van der Waals surface area contributed by atoms with E-state index in [1.165, 1.54) is 0 Å². The summed E-state index contributed by atoms with van der Waals surface area (Å²) in [4.78, 5) is 11.4. The van der Waals surface area contributed by atoms with Gasteiger partial charge in [-0.1, -0.05) is 12.8 Å². The monoisotopic (exact) mass is 231 g/mol. The molecule has 15 heavy (non-hydrogen) atoms. The Morgan fingerprint density at radius 2 is 1.87 bits per heavy atom. The van der Waals surface area contributed by atoms with Crippen LogP contribution in [-0.4, -0.2) is 31.9 Å². The molecular weight excluding hydrogens is 214 g/mol. The van der Waals surface area contributed by atoms with Crippen LogP contribution < -0.4 is 5.32 Å². The van der Waals surface area contributed by atoms with Gasteiger partial charge in [0.2, 0.25) is 5.91 Å². The average molecular weight is 231 g/mol. The van der Waals surface area contributed by atoms with Crippen LogP contribution in [-0.2, 0) is 14.6 Å². The van der Waals surface area contributed by atoms with E-state index in [4.69, 9.17) is 0 Å². The standard InChI is InChI=1S/C10H17NO3S/c12-10-5-6-15(13,14)7-9(11-10)8-3-1-2-4-8/h8-9H,1-7H2,(H,11,12). The first-order valence-corrected chi connectivity index (χ1v) is 7.39. The second-order valence-electron chi connectivity index (χ2n) is 4.58. The highest BCUT2D eigenvalue weighted by Gasteiger charge is 2.32. The summed E-state index contributed by atoms with van der Waals surface area (Å²) in [6.07, 6.45) is 4.57. The largest absolute Gasteiger partial charge is 0.352 e. The van der Waals surface area contributed by atoms with Crippen molar-refractivity contribution < 1.29 is 13.2 Å². The molecule has 2 fully saturated rings. The van der Waals surface area contributed by atoms with Crippen LogP contribution in [0.4, 0.5) is 0 Å². The number of carbonyl (C=O) groups is 1. The highest BCUT2D eigenvalue weighted by Crippen LogP contribution is 2.29. The van der Waals surface area contributed by atoms with Crippen molar-refractivity contribution in [1.82, 2.24) is 5.32 Å². The molecule has 1 saturated carbocycles. The van der Waals surface area contributed by atoms with Crippen molar-refractivity contribution >= 4 is 15.7 Å². The predicted molar refractivity (Wildman–Crippen MR) is 57.2 cm³/mol. The van der Waals surface area contributed by atoms with Gasteiger partial charge in [-0.25, -0.2) is 8.42 Å². The van der Waals surface area contributed by atoms with Crippen LogP contribution in [0.3, 0.4) is 0 Å². The molecule has 1 N–H and O–H groups in total. The van der Waals surface area contributed by atoms with Gasteiger partial charge in [0.05, 0.1) is 11.5 Å². The van der Waals surface area contributed by atoms with Gasteiger partial charge in [0.25, 0.3) is 0 Å². The Bertz CT molecular complexity index is 344. The molecule has 1 aliphatic heterocycles. The zero-order chi connectivity index (χ0) is 10.9. The molecule has 5 heteroatoms. The molecule has 86 valence electrons. The molecule has 1 unspecified atom stereocenters. The lowest BCUT2D eigenvalue weighted by molar-refractivity contribution is -0.121. The van der Waals surface area contributed by atoms with Crippen LogP contribution in [0, 0.1) is 5.92 Å². The summed E-state index contributed by atoms with van der Waals surface area (Å²) in [7, 11) is -3.02. The lowest BCUT2D eigenvalue weighted by atomic mass is 9.99. The van der Waals surface area contributed by atoms with E-state index in [9.17, 15) is 13.2 Å². The molecule has 0 aromatic rings. The van der Waals surface area contributed by atoms with Crippen LogP contribution in [0.15, 0.2) is 0 Å². The molecular formula is C10H17NO3S. The second kappa shape index (κ2) is 4.12. The number of hydrogen-bond acceptors (Lipinski definition) is 3. The van der Waals surface area contributed by atoms with E-state index in [0.29, 0.717) is 5.92 Å². The Kier molecular flexibility index (Phi) is 3.00. The minimum Gasteiger partial charge on any atom is -0.352 e. The molecule has 2 rings (SSSR count). The summed E-state index contributed by atoms with van der Waals surface area (Å²) in [5.41, 5.74) is 0. The van der Waals surface area contributed by atoms with Gasteiger partial charge >= 0.3 is 0 Å². The molecule has 1 atom stereocenters. The van der Waals surface area contributed by atoms with Crippen molar-refractivity contribution in [2.24, 2.45) is 5.92 Å². The number of hydrogen-bond donors (Lipinski definition) is 1. The molecule has 1 amide bonds. The Balaban J connectivity index is 2.11. The maximum absolute atomic E-state index is 11.6. The van der Waals surface area contributed by atoms with Gasteiger partial charge in [-0.2, -0.15) is 0 Å². The van der Waals surface area contributed by atoms with Crippen LogP contribution >= 0.6 is 0 Å². The third-order valence-electron chi connectivity index (χ3n) is 3.39. The van der Waals surface area contributed by atoms with Crippen molar-refractivity contribution in [1.29, 1.82) is 0 Å². The fraction of sp³-hybridized carbons (Fsp3) is 0.900. The molecule has 4 nitrogen and oxygen atoms in total. The van der Waals surface area contributed by atoms with Crippen molar-refractivity contribution in [3.8, 4) is 0 Å². The van der Waals surface area contributed by atoms with E-state index >= 15 is 0 Å². The molecule has 0 radical (unpaired) electrons. The predicted octanol–water partition coefficient (Wildman–Crippen LogP) is 0.480. The topological polar surface area (TPSA) is 63.2 Å². The number of carbonyl (C=O) groups excluding carboxylic acids is 1. The molecule has 1 heterocycles. The van der Waals surface area contributed by atoms with Crippen LogP contribution in [0.25, 0.3) is 0 Å². The minimum absolute atomic E-state index is 0.0159. The summed E-state index contributed by atoms with van der Waals surface area (Å²) in [5.74, 6) is 0.431. The van der Waals surface area contributed by atoms with Gasteiger partial charge < -0.3 is 5.32 Å². The van der Waals surface area contributed by atoms with Crippen LogP contribution in [0.2, 0.25) is 0 Å². The molecule has 1 saturated heterocycles. The Hall–Kier alpha value is -0.580. The lowest BCUT2D eigenvalue weighted by Crippen LogP contribution is -2.41. The zero-order valence-electron chi connectivity index (χ0n) is 8.74. The van der Waals surface area contributed by atoms with Gasteiger partial charge in [0, 0.05) is 12.5 Å². The molecule has 0 aromatic heterocycles. The van der Waals surface area contributed by atoms with Crippen molar-refractivity contribution in [3.05, 3.63) is 0 Å².